The standard InChI is InChI=1S/C25H26N6O2/c1-15(19-12-11-17-5-3-4-6-20(17)14-19)28-25-30-22(29-24(27-2)31-25)18-9-7-16(8-10-18)13-21(26)23(32)33/h3-12,14-15,21H,13,26H2,1-2H3,(H,32,33)(H2,27,28,29,30,31)/t15-,21+/m1/s1. The van der Waals surface area contributed by atoms with Gasteiger partial charge in [-0.05, 0) is 41.3 Å². The summed E-state index contributed by atoms with van der Waals surface area (Å²) in [5.74, 6) is 0.398. The third-order valence-corrected chi connectivity index (χ3v) is 5.46. The number of anilines is 2. The lowest BCUT2D eigenvalue weighted by atomic mass is 10.0. The second kappa shape index (κ2) is 9.62. The van der Waals surface area contributed by atoms with E-state index in [1.54, 1.807) is 7.05 Å². The van der Waals surface area contributed by atoms with E-state index in [4.69, 9.17) is 10.8 Å². The highest BCUT2D eigenvalue weighted by molar-refractivity contribution is 5.83. The molecule has 4 rings (SSSR count). The molecule has 0 aliphatic heterocycles. The number of hydrogen-bond donors (Lipinski definition) is 4. The van der Waals surface area contributed by atoms with E-state index in [9.17, 15) is 4.79 Å². The molecule has 0 amide bonds. The molecule has 1 aromatic heterocycles. The first kappa shape index (κ1) is 22.2. The Balaban J connectivity index is 1.56. The van der Waals surface area contributed by atoms with Crippen LogP contribution in [0.15, 0.2) is 66.7 Å². The van der Waals surface area contributed by atoms with Gasteiger partial charge in [0.1, 0.15) is 6.04 Å². The van der Waals surface area contributed by atoms with Crippen molar-refractivity contribution < 1.29 is 9.90 Å². The van der Waals surface area contributed by atoms with Crippen LogP contribution in [0.25, 0.3) is 22.2 Å². The molecule has 0 aliphatic rings. The highest BCUT2D eigenvalue weighted by atomic mass is 16.4. The van der Waals surface area contributed by atoms with E-state index in [-0.39, 0.29) is 12.5 Å². The monoisotopic (exact) mass is 442 g/mol. The minimum absolute atomic E-state index is 0.0190. The first-order valence-corrected chi connectivity index (χ1v) is 10.7. The lowest BCUT2D eigenvalue weighted by Gasteiger charge is -2.16. The summed E-state index contributed by atoms with van der Waals surface area (Å²) in [6.45, 7) is 2.06. The number of nitrogens with one attached hydrogen (secondary N) is 2. The van der Waals surface area contributed by atoms with Gasteiger partial charge in [0.05, 0.1) is 6.04 Å². The molecule has 8 nitrogen and oxygen atoms in total. The molecule has 0 aliphatic carbocycles. The maximum Gasteiger partial charge on any atom is 0.320 e. The summed E-state index contributed by atoms with van der Waals surface area (Å²) in [6, 6.07) is 21.1. The first-order valence-electron chi connectivity index (χ1n) is 10.7. The number of carboxylic acids is 1. The van der Waals surface area contributed by atoms with E-state index in [2.05, 4.69) is 62.8 Å². The fourth-order valence-corrected chi connectivity index (χ4v) is 3.57. The molecule has 0 saturated heterocycles. The summed E-state index contributed by atoms with van der Waals surface area (Å²) >= 11 is 0. The summed E-state index contributed by atoms with van der Waals surface area (Å²) in [7, 11) is 1.76. The molecule has 3 aromatic carbocycles. The average molecular weight is 443 g/mol. The van der Waals surface area contributed by atoms with Gasteiger partial charge in [-0.15, -0.1) is 0 Å². The second-order valence-electron chi connectivity index (χ2n) is 7.87. The molecule has 5 N–H and O–H groups in total. The van der Waals surface area contributed by atoms with Crippen molar-refractivity contribution in [3.63, 3.8) is 0 Å². The second-order valence-corrected chi connectivity index (χ2v) is 7.87. The third-order valence-electron chi connectivity index (χ3n) is 5.46. The minimum Gasteiger partial charge on any atom is -0.480 e. The van der Waals surface area contributed by atoms with Crippen molar-refractivity contribution in [2.45, 2.75) is 25.4 Å². The van der Waals surface area contributed by atoms with Crippen LogP contribution in [0.4, 0.5) is 11.9 Å². The van der Waals surface area contributed by atoms with Crippen LogP contribution in [0, 0.1) is 0 Å². The molecule has 1 heterocycles. The van der Waals surface area contributed by atoms with Crippen molar-refractivity contribution >= 4 is 28.6 Å². The van der Waals surface area contributed by atoms with Gasteiger partial charge in [0.15, 0.2) is 5.82 Å². The smallest absolute Gasteiger partial charge is 0.320 e. The summed E-state index contributed by atoms with van der Waals surface area (Å²) in [6.07, 6.45) is 0.255. The Labute approximate surface area is 191 Å². The Bertz CT molecular complexity index is 1280. The number of carboxylic acid groups (broad SMARTS) is 1. The number of rotatable bonds is 8. The molecule has 0 fully saturated rings. The Morgan fingerprint density at radius 1 is 0.970 bits per heavy atom. The van der Waals surface area contributed by atoms with Gasteiger partial charge in [0.25, 0.3) is 0 Å². The minimum atomic E-state index is -1.02. The predicted molar refractivity (Wildman–Crippen MR) is 130 cm³/mol. The van der Waals surface area contributed by atoms with Crippen LogP contribution < -0.4 is 16.4 Å². The number of nitrogens with two attached hydrogens (primary N) is 1. The number of aliphatic carboxylic acids is 1. The number of aromatic nitrogens is 3. The van der Waals surface area contributed by atoms with Crippen LogP contribution in [0.2, 0.25) is 0 Å². The van der Waals surface area contributed by atoms with Crippen LogP contribution in [0.1, 0.15) is 24.1 Å². The zero-order valence-corrected chi connectivity index (χ0v) is 18.5. The van der Waals surface area contributed by atoms with Crippen molar-refractivity contribution in [1.29, 1.82) is 0 Å². The Hall–Kier alpha value is -4.04. The van der Waals surface area contributed by atoms with E-state index in [1.807, 2.05) is 36.4 Å². The summed E-state index contributed by atoms with van der Waals surface area (Å²) in [4.78, 5) is 24.5. The highest BCUT2D eigenvalue weighted by Crippen LogP contribution is 2.24. The zero-order valence-electron chi connectivity index (χ0n) is 18.5. The fourth-order valence-electron chi connectivity index (χ4n) is 3.57. The number of fused-ring (bicyclic) bond motifs is 1. The van der Waals surface area contributed by atoms with E-state index in [1.165, 1.54) is 10.8 Å². The van der Waals surface area contributed by atoms with Gasteiger partial charge < -0.3 is 21.5 Å². The van der Waals surface area contributed by atoms with Gasteiger partial charge >= 0.3 is 5.97 Å². The summed E-state index contributed by atoms with van der Waals surface area (Å²) < 4.78 is 0. The topological polar surface area (TPSA) is 126 Å². The Kier molecular flexibility index (Phi) is 6.46. The van der Waals surface area contributed by atoms with Gasteiger partial charge in [-0.3, -0.25) is 4.79 Å². The quantitative estimate of drug-likeness (QED) is 0.324. The van der Waals surface area contributed by atoms with Crippen LogP contribution in [-0.4, -0.2) is 39.1 Å². The van der Waals surface area contributed by atoms with Crippen molar-refractivity contribution in [3.8, 4) is 11.4 Å². The molecule has 8 heteroatoms. The molecule has 33 heavy (non-hydrogen) atoms. The van der Waals surface area contributed by atoms with E-state index < -0.39 is 12.0 Å². The van der Waals surface area contributed by atoms with Gasteiger partial charge in [0, 0.05) is 12.6 Å². The number of hydrogen-bond acceptors (Lipinski definition) is 7. The van der Waals surface area contributed by atoms with E-state index >= 15 is 0 Å². The Morgan fingerprint density at radius 3 is 2.36 bits per heavy atom. The van der Waals surface area contributed by atoms with Crippen molar-refractivity contribution in [1.82, 2.24) is 15.0 Å². The molecule has 4 aromatic rings. The van der Waals surface area contributed by atoms with Crippen LogP contribution >= 0.6 is 0 Å². The molecular weight excluding hydrogens is 416 g/mol. The first-order chi connectivity index (χ1) is 15.9. The highest BCUT2D eigenvalue weighted by Gasteiger charge is 2.14. The van der Waals surface area contributed by atoms with Gasteiger partial charge in [-0.25, -0.2) is 0 Å². The molecule has 0 unspecified atom stereocenters. The molecule has 0 spiro atoms. The normalized spacial score (nSPS) is 12.8. The lowest BCUT2D eigenvalue weighted by Crippen LogP contribution is -2.32. The van der Waals surface area contributed by atoms with E-state index in [0.29, 0.717) is 17.7 Å². The van der Waals surface area contributed by atoms with Crippen LogP contribution in [-0.2, 0) is 11.2 Å². The van der Waals surface area contributed by atoms with Crippen molar-refractivity contribution in [2.75, 3.05) is 17.7 Å². The summed E-state index contributed by atoms with van der Waals surface area (Å²) in [5.41, 5.74) is 8.38. The largest absolute Gasteiger partial charge is 0.480 e. The zero-order chi connectivity index (χ0) is 23.4. The maximum absolute atomic E-state index is 11.0. The van der Waals surface area contributed by atoms with Gasteiger partial charge in [-0.2, -0.15) is 15.0 Å². The molecule has 0 bridgehead atoms. The van der Waals surface area contributed by atoms with E-state index in [0.717, 1.165) is 16.7 Å². The number of benzene rings is 3. The lowest BCUT2D eigenvalue weighted by molar-refractivity contribution is -0.138. The van der Waals surface area contributed by atoms with Crippen LogP contribution in [0.3, 0.4) is 0 Å². The van der Waals surface area contributed by atoms with Crippen molar-refractivity contribution in [2.24, 2.45) is 5.73 Å². The molecule has 0 saturated carbocycles. The SMILES string of the molecule is CNc1nc(N[C@H](C)c2ccc3ccccc3c2)nc(-c2ccc(C[C@H](N)C(=O)O)cc2)n1. The number of nitrogens with zero attached hydrogens (tertiary/aromatic N) is 3. The molecule has 2 atom stereocenters. The predicted octanol–water partition coefficient (Wildman–Crippen LogP) is 3.86. The van der Waals surface area contributed by atoms with Crippen molar-refractivity contribution in [3.05, 3.63) is 77.9 Å². The molecule has 168 valence electrons. The maximum atomic E-state index is 11.0. The summed E-state index contributed by atoms with van der Waals surface area (Å²) in [5, 5.41) is 17.7. The van der Waals surface area contributed by atoms with Gasteiger partial charge in [0.2, 0.25) is 11.9 Å². The fraction of sp³-hybridized carbons (Fsp3) is 0.200. The van der Waals surface area contributed by atoms with Gasteiger partial charge in [-0.1, -0.05) is 60.7 Å². The molecule has 0 radical (unpaired) electrons. The van der Waals surface area contributed by atoms with Crippen LogP contribution in [0.5, 0.6) is 0 Å². The Morgan fingerprint density at radius 2 is 1.67 bits per heavy atom. The number of carbonyl (C=O) groups is 1. The average Bonchev–Trinajstić information content (AvgIpc) is 2.83. The third kappa shape index (κ3) is 5.24. The molecular formula is C25H26N6O2.